The van der Waals surface area contributed by atoms with Gasteiger partial charge in [0, 0.05) is 19.2 Å². The van der Waals surface area contributed by atoms with Gasteiger partial charge in [0.05, 0.1) is 11.3 Å². The van der Waals surface area contributed by atoms with E-state index >= 15 is 0 Å². The fourth-order valence-electron chi connectivity index (χ4n) is 2.90. The van der Waals surface area contributed by atoms with Gasteiger partial charge in [0.15, 0.2) is 0 Å². The summed E-state index contributed by atoms with van der Waals surface area (Å²) < 4.78 is 33.3. The molecule has 0 radical (unpaired) electrons. The van der Waals surface area contributed by atoms with Crippen LogP contribution in [0.4, 0.5) is 14.5 Å². The largest absolute Gasteiger partial charge is 0.461 e. The number of benzene rings is 1. The molecule has 1 rings (SSSR count). The molecule has 0 saturated carbocycles. The van der Waals surface area contributed by atoms with Crippen molar-refractivity contribution >= 4 is 11.7 Å². The van der Waals surface area contributed by atoms with Gasteiger partial charge >= 0.3 is 5.97 Å². The van der Waals surface area contributed by atoms with Crippen LogP contribution in [0.15, 0.2) is 12.1 Å². The fraction of sp³-hybridized carbons (Fsp3) is 0.682. The van der Waals surface area contributed by atoms with Gasteiger partial charge in [-0.2, -0.15) is 0 Å². The van der Waals surface area contributed by atoms with E-state index in [4.69, 9.17) is 4.74 Å². The Labute approximate surface area is 168 Å². The number of esters is 1. The standard InChI is InChI=1S/C22H36F2N2O2/c1-4-5-6-7-8-9-10-11-12-13-25-21-17-19(23)18(16-20(21)24)22(27)28-15-14-26(2)3/h16-17,25H,4-15H2,1-3H3. The van der Waals surface area contributed by atoms with E-state index in [9.17, 15) is 13.6 Å². The zero-order chi connectivity index (χ0) is 20.8. The van der Waals surface area contributed by atoms with Gasteiger partial charge < -0.3 is 15.0 Å². The lowest BCUT2D eigenvalue weighted by Gasteiger charge is -2.12. The Bertz CT molecular complexity index is 580. The second-order valence-electron chi connectivity index (χ2n) is 7.51. The monoisotopic (exact) mass is 398 g/mol. The summed E-state index contributed by atoms with van der Waals surface area (Å²) in [6.07, 6.45) is 10.9. The maximum absolute atomic E-state index is 14.2. The first-order chi connectivity index (χ1) is 13.5. The first kappa shape index (κ1) is 24.3. The second-order valence-corrected chi connectivity index (χ2v) is 7.51. The molecule has 1 N–H and O–H groups in total. The quantitative estimate of drug-likeness (QED) is 0.307. The van der Waals surface area contributed by atoms with Crippen LogP contribution in [-0.4, -0.2) is 44.7 Å². The van der Waals surface area contributed by atoms with Crippen LogP contribution < -0.4 is 5.32 Å². The molecule has 0 aromatic heterocycles. The van der Waals surface area contributed by atoms with Crippen LogP contribution in [-0.2, 0) is 4.74 Å². The number of nitrogens with zero attached hydrogens (tertiary/aromatic N) is 1. The van der Waals surface area contributed by atoms with Crippen LogP contribution in [0.1, 0.15) is 75.1 Å². The highest BCUT2D eigenvalue weighted by Crippen LogP contribution is 2.20. The Hall–Kier alpha value is -1.69. The van der Waals surface area contributed by atoms with Crippen LogP contribution in [0.2, 0.25) is 0 Å². The molecule has 1 aromatic carbocycles. The molecule has 6 heteroatoms. The molecular formula is C22H36F2N2O2. The number of nitrogens with one attached hydrogen (secondary N) is 1. The van der Waals surface area contributed by atoms with E-state index in [1.54, 1.807) is 0 Å². The Morgan fingerprint density at radius 3 is 2.18 bits per heavy atom. The molecule has 0 amide bonds. The molecule has 0 unspecified atom stereocenters. The van der Waals surface area contributed by atoms with Gasteiger partial charge in [-0.15, -0.1) is 0 Å². The van der Waals surface area contributed by atoms with Crippen LogP contribution in [0, 0.1) is 11.6 Å². The van der Waals surface area contributed by atoms with Crippen molar-refractivity contribution in [1.82, 2.24) is 4.90 Å². The van der Waals surface area contributed by atoms with Crippen LogP contribution in [0.25, 0.3) is 0 Å². The van der Waals surface area contributed by atoms with Crippen molar-refractivity contribution in [2.45, 2.75) is 64.7 Å². The van der Waals surface area contributed by atoms with Gasteiger partial charge in [0.2, 0.25) is 0 Å². The van der Waals surface area contributed by atoms with Gasteiger partial charge in [0.1, 0.15) is 18.2 Å². The van der Waals surface area contributed by atoms with Crippen molar-refractivity contribution in [2.75, 3.05) is 39.1 Å². The lowest BCUT2D eigenvalue weighted by atomic mass is 10.1. The Kier molecular flexibility index (Phi) is 12.5. The summed E-state index contributed by atoms with van der Waals surface area (Å²) in [6, 6.07) is 1.94. The predicted molar refractivity (Wildman–Crippen MR) is 111 cm³/mol. The third kappa shape index (κ3) is 10.0. The minimum atomic E-state index is -0.844. The predicted octanol–water partition coefficient (Wildman–Crippen LogP) is 5.63. The smallest absolute Gasteiger partial charge is 0.341 e. The molecule has 0 aliphatic carbocycles. The van der Waals surface area contributed by atoms with Crippen molar-refractivity contribution in [3.8, 4) is 0 Å². The molecule has 0 spiro atoms. The molecular weight excluding hydrogens is 362 g/mol. The number of ether oxygens (including phenoxy) is 1. The number of likely N-dealkylation sites (N-methyl/N-ethyl adjacent to an activating group) is 1. The van der Waals surface area contributed by atoms with E-state index in [1.807, 2.05) is 19.0 Å². The number of hydrogen-bond donors (Lipinski definition) is 1. The average molecular weight is 399 g/mol. The summed E-state index contributed by atoms with van der Waals surface area (Å²) in [5.74, 6) is -2.26. The van der Waals surface area contributed by atoms with Crippen LogP contribution >= 0.6 is 0 Å². The number of halogens is 2. The fourth-order valence-corrected chi connectivity index (χ4v) is 2.90. The highest BCUT2D eigenvalue weighted by molar-refractivity contribution is 5.90. The van der Waals surface area contributed by atoms with E-state index < -0.39 is 17.6 Å². The maximum Gasteiger partial charge on any atom is 0.341 e. The number of carbonyl (C=O) groups is 1. The number of rotatable bonds is 15. The minimum absolute atomic E-state index is 0.0851. The zero-order valence-electron chi connectivity index (χ0n) is 17.7. The zero-order valence-corrected chi connectivity index (χ0v) is 17.7. The first-order valence-electron chi connectivity index (χ1n) is 10.5. The summed E-state index contributed by atoms with van der Waals surface area (Å²) in [4.78, 5) is 13.7. The van der Waals surface area contributed by atoms with Gasteiger partial charge in [-0.1, -0.05) is 58.3 Å². The number of carbonyl (C=O) groups excluding carboxylic acids is 1. The third-order valence-electron chi connectivity index (χ3n) is 4.64. The summed E-state index contributed by atoms with van der Waals surface area (Å²) in [5.41, 5.74) is -0.285. The molecule has 0 aliphatic rings. The normalized spacial score (nSPS) is 11.1. The molecule has 160 valence electrons. The second kappa shape index (κ2) is 14.3. The van der Waals surface area contributed by atoms with Crippen molar-refractivity contribution in [3.05, 3.63) is 29.3 Å². The molecule has 0 fully saturated rings. The average Bonchev–Trinajstić information content (AvgIpc) is 2.65. The molecule has 0 saturated heterocycles. The Morgan fingerprint density at radius 2 is 1.57 bits per heavy atom. The van der Waals surface area contributed by atoms with Crippen molar-refractivity contribution in [1.29, 1.82) is 0 Å². The molecule has 0 atom stereocenters. The summed E-state index contributed by atoms with van der Waals surface area (Å²) >= 11 is 0. The van der Waals surface area contributed by atoms with E-state index in [0.29, 0.717) is 13.1 Å². The first-order valence-corrected chi connectivity index (χ1v) is 10.5. The van der Waals surface area contributed by atoms with Gasteiger partial charge in [-0.05, 0) is 26.6 Å². The lowest BCUT2D eigenvalue weighted by molar-refractivity contribution is 0.0476. The number of unbranched alkanes of at least 4 members (excludes halogenated alkanes) is 8. The van der Waals surface area contributed by atoms with E-state index in [1.165, 1.54) is 44.9 Å². The van der Waals surface area contributed by atoms with E-state index in [2.05, 4.69) is 12.2 Å². The van der Waals surface area contributed by atoms with E-state index in [0.717, 1.165) is 25.0 Å². The van der Waals surface area contributed by atoms with Gasteiger partial charge in [-0.25, -0.2) is 13.6 Å². The highest BCUT2D eigenvalue weighted by Gasteiger charge is 2.17. The van der Waals surface area contributed by atoms with Crippen LogP contribution in [0.3, 0.4) is 0 Å². The summed E-state index contributed by atoms with van der Waals surface area (Å²) in [5, 5.41) is 2.92. The van der Waals surface area contributed by atoms with Crippen molar-refractivity contribution in [3.63, 3.8) is 0 Å². The van der Waals surface area contributed by atoms with Crippen molar-refractivity contribution in [2.24, 2.45) is 0 Å². The molecule has 0 heterocycles. The highest BCUT2D eigenvalue weighted by atomic mass is 19.1. The van der Waals surface area contributed by atoms with Gasteiger partial charge in [0.25, 0.3) is 0 Å². The number of hydrogen-bond acceptors (Lipinski definition) is 4. The maximum atomic E-state index is 14.2. The Morgan fingerprint density at radius 1 is 0.964 bits per heavy atom. The SMILES string of the molecule is CCCCCCCCCCCNc1cc(F)c(C(=O)OCCN(C)C)cc1F. The lowest BCUT2D eigenvalue weighted by Crippen LogP contribution is -2.20. The summed E-state index contributed by atoms with van der Waals surface area (Å²) in [7, 11) is 3.67. The van der Waals surface area contributed by atoms with Crippen LogP contribution in [0.5, 0.6) is 0 Å². The third-order valence-corrected chi connectivity index (χ3v) is 4.64. The Balaban J connectivity index is 2.31. The van der Waals surface area contributed by atoms with E-state index in [-0.39, 0.29) is 17.9 Å². The topological polar surface area (TPSA) is 41.6 Å². The molecule has 1 aromatic rings. The molecule has 4 nitrogen and oxygen atoms in total. The summed E-state index contributed by atoms with van der Waals surface area (Å²) in [6.45, 7) is 3.45. The molecule has 0 aliphatic heterocycles. The molecule has 0 bridgehead atoms. The van der Waals surface area contributed by atoms with Gasteiger partial charge in [-0.3, -0.25) is 0 Å². The number of anilines is 1. The minimum Gasteiger partial charge on any atom is -0.461 e. The molecule has 28 heavy (non-hydrogen) atoms. The van der Waals surface area contributed by atoms with Crippen molar-refractivity contribution < 1.29 is 18.3 Å².